The highest BCUT2D eigenvalue weighted by atomic mass is 16.2. The van der Waals surface area contributed by atoms with Gasteiger partial charge in [-0.1, -0.05) is 13.8 Å². The smallest absolute Gasteiger partial charge is 0.240 e. The van der Waals surface area contributed by atoms with Crippen LogP contribution < -0.4 is 5.73 Å². The first-order valence-electron chi connectivity index (χ1n) is 6.22. The molecule has 16 heavy (non-hydrogen) atoms. The molecule has 2 N–H and O–H groups in total. The fraction of sp³-hybridized carbons (Fsp3) is 0.917. The minimum absolute atomic E-state index is 0.109. The molecule has 1 rings (SSSR count). The number of hydrogen-bond donors (Lipinski definition) is 1. The molecule has 94 valence electrons. The monoisotopic (exact) mass is 227 g/mol. The van der Waals surface area contributed by atoms with Crippen LogP contribution in [-0.2, 0) is 4.79 Å². The average molecular weight is 227 g/mol. The Labute approximate surface area is 98.8 Å². The van der Waals surface area contributed by atoms with Gasteiger partial charge in [0.15, 0.2) is 0 Å². The van der Waals surface area contributed by atoms with E-state index in [4.69, 9.17) is 5.73 Å². The molecule has 0 radical (unpaired) electrons. The fourth-order valence-corrected chi connectivity index (χ4v) is 2.24. The second-order valence-electron chi connectivity index (χ2n) is 5.10. The Morgan fingerprint density at radius 1 is 1.56 bits per heavy atom. The Balaban J connectivity index is 2.63. The molecule has 1 fully saturated rings. The van der Waals surface area contributed by atoms with Crippen molar-refractivity contribution in [3.05, 3.63) is 0 Å². The van der Waals surface area contributed by atoms with Gasteiger partial charge in [0, 0.05) is 19.1 Å². The second kappa shape index (κ2) is 5.64. The number of nitrogens with zero attached hydrogens (tertiary/aromatic N) is 2. The first kappa shape index (κ1) is 13.5. The lowest BCUT2D eigenvalue weighted by molar-refractivity contribution is -0.135. The third-order valence-corrected chi connectivity index (χ3v) is 3.43. The maximum Gasteiger partial charge on any atom is 0.240 e. The van der Waals surface area contributed by atoms with Crippen LogP contribution in [0.15, 0.2) is 0 Å². The molecule has 1 heterocycles. The van der Waals surface area contributed by atoms with Gasteiger partial charge in [0.05, 0.1) is 6.04 Å². The van der Waals surface area contributed by atoms with E-state index >= 15 is 0 Å². The molecule has 2 atom stereocenters. The molecule has 0 bridgehead atoms. The zero-order valence-electron chi connectivity index (χ0n) is 10.9. The summed E-state index contributed by atoms with van der Waals surface area (Å²) in [7, 11) is 2.10. The van der Waals surface area contributed by atoms with Gasteiger partial charge in [-0.25, -0.2) is 0 Å². The van der Waals surface area contributed by atoms with Crippen LogP contribution in [0.25, 0.3) is 0 Å². The van der Waals surface area contributed by atoms with Crippen LogP contribution in [0.1, 0.15) is 27.2 Å². The summed E-state index contributed by atoms with van der Waals surface area (Å²) < 4.78 is 0. The van der Waals surface area contributed by atoms with E-state index in [9.17, 15) is 4.79 Å². The third kappa shape index (κ3) is 2.95. The largest absolute Gasteiger partial charge is 0.337 e. The van der Waals surface area contributed by atoms with Gasteiger partial charge in [-0.2, -0.15) is 0 Å². The number of nitrogens with two attached hydrogens (primary N) is 1. The zero-order valence-corrected chi connectivity index (χ0v) is 10.9. The standard InChI is InChI=1S/C12H25N3O/c1-5-15(10-6-7-14(4)8-10)12(16)11(13)9(2)3/h9-11H,5-8,13H2,1-4H3/t10-,11?/m0/s1. The third-order valence-electron chi connectivity index (χ3n) is 3.43. The second-order valence-corrected chi connectivity index (χ2v) is 5.10. The lowest BCUT2D eigenvalue weighted by Crippen LogP contribution is -2.51. The van der Waals surface area contributed by atoms with Crippen LogP contribution in [0.5, 0.6) is 0 Å². The lowest BCUT2D eigenvalue weighted by atomic mass is 10.0. The molecule has 1 unspecified atom stereocenters. The molecular weight excluding hydrogens is 202 g/mol. The Kier molecular flexibility index (Phi) is 4.74. The van der Waals surface area contributed by atoms with Gasteiger partial charge in [0.25, 0.3) is 0 Å². The summed E-state index contributed by atoms with van der Waals surface area (Å²) in [5, 5.41) is 0. The van der Waals surface area contributed by atoms with Gasteiger partial charge in [0.2, 0.25) is 5.91 Å². The normalized spacial score (nSPS) is 23.8. The van der Waals surface area contributed by atoms with Gasteiger partial charge < -0.3 is 15.5 Å². The zero-order chi connectivity index (χ0) is 12.3. The van der Waals surface area contributed by atoms with Crippen molar-refractivity contribution in [1.29, 1.82) is 0 Å². The highest BCUT2D eigenvalue weighted by Crippen LogP contribution is 2.16. The minimum atomic E-state index is -0.356. The molecule has 4 nitrogen and oxygen atoms in total. The van der Waals surface area contributed by atoms with E-state index in [1.807, 2.05) is 25.7 Å². The quantitative estimate of drug-likeness (QED) is 0.762. The molecule has 0 aromatic carbocycles. The van der Waals surface area contributed by atoms with Crippen molar-refractivity contribution < 1.29 is 4.79 Å². The molecule has 1 amide bonds. The summed E-state index contributed by atoms with van der Waals surface area (Å²) in [4.78, 5) is 16.4. The number of hydrogen-bond acceptors (Lipinski definition) is 3. The van der Waals surface area contributed by atoms with E-state index < -0.39 is 0 Å². The average Bonchev–Trinajstić information content (AvgIpc) is 2.64. The number of likely N-dealkylation sites (N-methyl/N-ethyl adjacent to an activating group) is 2. The van der Waals surface area contributed by atoms with Gasteiger partial charge in [0.1, 0.15) is 0 Å². The molecule has 1 aliphatic rings. The number of carbonyl (C=O) groups is 1. The van der Waals surface area contributed by atoms with E-state index in [0.717, 1.165) is 26.1 Å². The predicted octanol–water partition coefficient (Wildman–Crippen LogP) is 0.522. The molecule has 1 saturated heterocycles. The van der Waals surface area contributed by atoms with Crippen molar-refractivity contribution in [2.24, 2.45) is 11.7 Å². The molecule has 4 heteroatoms. The number of carbonyl (C=O) groups excluding carboxylic acids is 1. The van der Waals surface area contributed by atoms with Crippen molar-refractivity contribution in [1.82, 2.24) is 9.80 Å². The van der Waals surface area contributed by atoms with E-state index in [0.29, 0.717) is 6.04 Å². The summed E-state index contributed by atoms with van der Waals surface area (Å²) in [6, 6.07) is -0.00171. The van der Waals surface area contributed by atoms with Crippen LogP contribution in [-0.4, -0.2) is 54.5 Å². The molecule has 1 aliphatic heterocycles. The highest BCUT2D eigenvalue weighted by molar-refractivity contribution is 5.82. The van der Waals surface area contributed by atoms with Crippen molar-refractivity contribution in [2.45, 2.75) is 39.3 Å². The molecule has 0 aromatic heterocycles. The van der Waals surface area contributed by atoms with E-state index in [2.05, 4.69) is 11.9 Å². The molecule has 0 spiro atoms. The van der Waals surface area contributed by atoms with Gasteiger partial charge >= 0.3 is 0 Å². The maximum absolute atomic E-state index is 12.2. The summed E-state index contributed by atoms with van der Waals surface area (Å²) in [6.45, 7) is 8.84. The molecule has 0 aromatic rings. The van der Waals surface area contributed by atoms with Crippen LogP contribution in [0.2, 0.25) is 0 Å². The van der Waals surface area contributed by atoms with Gasteiger partial charge in [-0.05, 0) is 32.9 Å². The van der Waals surface area contributed by atoms with Crippen molar-refractivity contribution >= 4 is 5.91 Å². The Hall–Kier alpha value is -0.610. The Morgan fingerprint density at radius 3 is 2.56 bits per heavy atom. The lowest BCUT2D eigenvalue weighted by Gasteiger charge is -2.31. The van der Waals surface area contributed by atoms with Crippen LogP contribution in [0.3, 0.4) is 0 Å². The number of likely N-dealkylation sites (tertiary alicyclic amines) is 1. The Bertz CT molecular complexity index is 242. The maximum atomic E-state index is 12.2. The summed E-state index contributed by atoms with van der Waals surface area (Å²) in [5.41, 5.74) is 5.93. The Morgan fingerprint density at radius 2 is 2.19 bits per heavy atom. The molecule has 0 saturated carbocycles. The van der Waals surface area contributed by atoms with Crippen LogP contribution in [0, 0.1) is 5.92 Å². The highest BCUT2D eigenvalue weighted by Gasteiger charge is 2.31. The topological polar surface area (TPSA) is 49.6 Å². The van der Waals surface area contributed by atoms with Crippen molar-refractivity contribution in [3.63, 3.8) is 0 Å². The van der Waals surface area contributed by atoms with Crippen LogP contribution in [0.4, 0.5) is 0 Å². The minimum Gasteiger partial charge on any atom is -0.337 e. The number of amides is 1. The fourth-order valence-electron chi connectivity index (χ4n) is 2.24. The number of rotatable bonds is 4. The van der Waals surface area contributed by atoms with Gasteiger partial charge in [-0.3, -0.25) is 4.79 Å². The summed E-state index contributed by atoms with van der Waals surface area (Å²) >= 11 is 0. The van der Waals surface area contributed by atoms with Crippen molar-refractivity contribution in [2.75, 3.05) is 26.7 Å². The van der Waals surface area contributed by atoms with Gasteiger partial charge in [-0.15, -0.1) is 0 Å². The SMILES string of the molecule is CCN(C(=O)C(N)C(C)C)[C@H]1CCN(C)C1. The first-order chi connectivity index (χ1) is 7.47. The molecular formula is C12H25N3O. The van der Waals surface area contributed by atoms with Crippen LogP contribution >= 0.6 is 0 Å². The predicted molar refractivity (Wildman–Crippen MR) is 66.1 cm³/mol. The van der Waals surface area contributed by atoms with Crippen molar-refractivity contribution in [3.8, 4) is 0 Å². The van der Waals surface area contributed by atoms with E-state index in [-0.39, 0.29) is 17.9 Å². The van der Waals surface area contributed by atoms with E-state index in [1.165, 1.54) is 0 Å². The summed E-state index contributed by atoms with van der Waals surface area (Å²) in [5.74, 6) is 0.318. The first-order valence-corrected chi connectivity index (χ1v) is 6.22. The summed E-state index contributed by atoms with van der Waals surface area (Å²) in [6.07, 6.45) is 1.07. The molecule has 0 aliphatic carbocycles. The van der Waals surface area contributed by atoms with E-state index in [1.54, 1.807) is 0 Å².